The van der Waals surface area contributed by atoms with Gasteiger partial charge >= 0.3 is 12.4 Å². The first kappa shape index (κ1) is 89.5. The van der Waals surface area contributed by atoms with Crippen LogP contribution < -0.4 is 16.0 Å². The maximum Gasteiger partial charge on any atom is 0.397 e. The molecule has 8 rings (SSSR count). The van der Waals surface area contributed by atoms with Gasteiger partial charge in [0.15, 0.2) is 0 Å². The Morgan fingerprint density at radius 1 is 0.586 bits per heavy atom. The second-order valence-corrected chi connectivity index (χ2v) is 33.2. The number of alkyl halides is 8. The van der Waals surface area contributed by atoms with Crippen LogP contribution in [0.4, 0.5) is 35.1 Å². The molecule has 111 heavy (non-hydrogen) atoms. The first-order valence-corrected chi connectivity index (χ1v) is 40.2. The molecule has 0 aromatic heterocycles. The Kier molecular flexibility index (Phi) is 31.4. The zero-order valence-electron chi connectivity index (χ0n) is 66.5. The fourth-order valence-electron chi connectivity index (χ4n) is 18.1. The Bertz CT molecular complexity index is 3270. The van der Waals surface area contributed by atoms with Gasteiger partial charge in [-0.25, -0.2) is 8.78 Å². The molecule has 4 saturated heterocycles. The number of hydrogen-bond acceptors (Lipinski definition) is 14. The van der Waals surface area contributed by atoms with E-state index in [4.69, 9.17) is 9.47 Å². The van der Waals surface area contributed by atoms with Crippen molar-refractivity contribution >= 4 is 70.9 Å². The van der Waals surface area contributed by atoms with E-state index in [1.54, 1.807) is 20.8 Å². The summed E-state index contributed by atoms with van der Waals surface area (Å²) in [6.45, 7) is 7.51. The Hall–Kier alpha value is -7.00. The molecule has 34 heteroatoms. The lowest BCUT2D eigenvalue weighted by atomic mass is 9.74. The van der Waals surface area contributed by atoms with Crippen LogP contribution in [0, 0.1) is 41.4 Å². The Morgan fingerprint density at radius 2 is 1.21 bits per heavy atom. The molecule has 26 nitrogen and oxygen atoms in total. The van der Waals surface area contributed by atoms with Crippen molar-refractivity contribution < 1.29 is 102 Å². The van der Waals surface area contributed by atoms with E-state index >= 15 is 51.9 Å². The van der Waals surface area contributed by atoms with E-state index in [0.717, 1.165) is 24.5 Å². The van der Waals surface area contributed by atoms with Crippen LogP contribution in [-0.4, -0.2) is 301 Å². The molecule has 4 heterocycles. The molecule has 12 amide bonds. The lowest BCUT2D eigenvalue weighted by Gasteiger charge is -2.47. The second-order valence-electron chi connectivity index (χ2n) is 33.2. The summed E-state index contributed by atoms with van der Waals surface area (Å²) in [6, 6.07) is -11.4. The van der Waals surface area contributed by atoms with E-state index in [1.807, 2.05) is 13.8 Å². The van der Waals surface area contributed by atoms with Crippen molar-refractivity contribution in [2.75, 3.05) is 101 Å². The van der Waals surface area contributed by atoms with Crippen molar-refractivity contribution in [3.8, 4) is 0 Å². The maximum atomic E-state index is 15.8. The van der Waals surface area contributed by atoms with Gasteiger partial charge < -0.3 is 69.5 Å². The average Bonchev–Trinajstić information content (AvgIpc) is 1.74. The van der Waals surface area contributed by atoms with Crippen molar-refractivity contribution in [3.05, 3.63) is 0 Å². The average molecular weight is 1590 g/mol. The lowest BCUT2D eigenvalue weighted by Crippen LogP contribution is -2.69. The highest BCUT2D eigenvalue weighted by atomic mass is 19.4. The zero-order chi connectivity index (χ0) is 81.9. The summed E-state index contributed by atoms with van der Waals surface area (Å²) in [5.74, 6) is -16.9. The molecule has 4 aliphatic heterocycles. The maximum absolute atomic E-state index is 15.8. The quantitative estimate of drug-likeness (QED) is 0.170. The topological polar surface area (TPSA) is 289 Å². The number of likely N-dealkylation sites (N-methyl/N-ethyl adjacent to an activating group) is 6. The molecule has 2 bridgehead atoms. The number of halogens is 8. The summed E-state index contributed by atoms with van der Waals surface area (Å²) in [5, 5.41) is 8.47. The van der Waals surface area contributed by atoms with Crippen LogP contribution in [0.2, 0.25) is 0 Å². The molecule has 0 aromatic rings. The Labute approximate surface area is 646 Å². The fourth-order valence-corrected chi connectivity index (χ4v) is 18.1. The third-order valence-corrected chi connectivity index (χ3v) is 25.1. The van der Waals surface area contributed by atoms with E-state index in [-0.39, 0.29) is 123 Å². The van der Waals surface area contributed by atoms with E-state index in [0.29, 0.717) is 57.8 Å². The first-order valence-electron chi connectivity index (χ1n) is 40.2. The number of rotatable bonds is 13. The smallest absolute Gasteiger partial charge is 0.378 e. The lowest BCUT2D eigenvalue weighted by molar-refractivity contribution is -0.219. The highest BCUT2D eigenvalue weighted by Crippen LogP contribution is 2.46. The van der Waals surface area contributed by atoms with Crippen LogP contribution in [0.3, 0.4) is 0 Å². The van der Waals surface area contributed by atoms with Crippen LogP contribution in [0.1, 0.15) is 189 Å². The number of hydrogen-bond donors (Lipinski definition) is 3. The molecular formula is C77H120F8N12O14. The van der Waals surface area contributed by atoms with E-state index in [2.05, 4.69) is 16.0 Å². The number of nitrogens with one attached hydrogen (secondary N) is 3. The van der Waals surface area contributed by atoms with Gasteiger partial charge in [-0.05, 0) is 152 Å². The summed E-state index contributed by atoms with van der Waals surface area (Å²) >= 11 is 0. The predicted molar refractivity (Wildman–Crippen MR) is 390 cm³/mol. The van der Waals surface area contributed by atoms with Gasteiger partial charge in [-0.3, -0.25) is 57.5 Å². The van der Waals surface area contributed by atoms with Crippen LogP contribution in [0.15, 0.2) is 0 Å². The fraction of sp³-hybridized carbons (Fsp3) is 0.844. The minimum Gasteiger partial charge on any atom is -0.378 e. The SMILES string of the molecule is CCO[C@H]1CCN2C(=O)[C@H](CCC3CC(F)C(C(F)(F)F)C(F)C3)NC(=O)CN(C)C(=O)[C@H](CC3CCC(C(F)(F)F)CC3)N3CCCCC[C@@H](C3=O)N(C)C(=O)CN(C)C(=O)[C@H]([C@@H](C)CC)NC(=O)[C@H](CC(C)C)N(C)C(=O)C[C@@H](C(=O)N3CCOCC3)N(C)C(=O)[C@H](C3CCCC3)N(C)C(=O)C3(CCC3)NC(=O)[C@H]12. The number of ether oxygens (including phenoxy) is 2. The molecule has 12 atom stereocenters. The minimum absolute atomic E-state index is 0.00760. The molecule has 0 aromatic carbocycles. The second kappa shape index (κ2) is 38.9. The third-order valence-electron chi connectivity index (χ3n) is 25.1. The molecule has 4 saturated carbocycles. The molecule has 0 radical (unpaired) electrons. The van der Waals surface area contributed by atoms with Crippen LogP contribution in [-0.2, 0) is 67.0 Å². The van der Waals surface area contributed by atoms with Crippen molar-refractivity contribution in [1.29, 1.82) is 0 Å². The predicted octanol–water partition coefficient (Wildman–Crippen LogP) is 6.35. The van der Waals surface area contributed by atoms with Gasteiger partial charge in [-0.1, -0.05) is 59.8 Å². The summed E-state index contributed by atoms with van der Waals surface area (Å²) in [6.07, 6.45) is -15.3. The van der Waals surface area contributed by atoms with Crippen LogP contribution in [0.5, 0.6) is 0 Å². The van der Waals surface area contributed by atoms with Gasteiger partial charge in [0, 0.05) is 75.1 Å². The summed E-state index contributed by atoms with van der Waals surface area (Å²) < 4.78 is 127. The van der Waals surface area contributed by atoms with Crippen molar-refractivity contribution in [2.24, 2.45) is 41.4 Å². The largest absolute Gasteiger partial charge is 0.397 e. The van der Waals surface area contributed by atoms with E-state index in [9.17, 15) is 40.7 Å². The van der Waals surface area contributed by atoms with E-state index < -0.39 is 230 Å². The molecule has 3 N–H and O–H groups in total. The number of carbonyl (C=O) groups excluding carboxylic acids is 12. The van der Waals surface area contributed by atoms with Crippen molar-refractivity contribution in [2.45, 2.75) is 273 Å². The van der Waals surface area contributed by atoms with Crippen molar-refractivity contribution in [3.63, 3.8) is 0 Å². The van der Waals surface area contributed by atoms with Gasteiger partial charge in [0.1, 0.15) is 72.1 Å². The molecule has 8 aliphatic rings. The monoisotopic (exact) mass is 1590 g/mol. The van der Waals surface area contributed by atoms with Gasteiger partial charge in [0.05, 0.1) is 44.7 Å². The van der Waals surface area contributed by atoms with E-state index in [1.165, 1.54) is 61.9 Å². The summed E-state index contributed by atoms with van der Waals surface area (Å²) in [4.78, 5) is 194. The van der Waals surface area contributed by atoms with Gasteiger partial charge in [-0.2, -0.15) is 26.3 Å². The van der Waals surface area contributed by atoms with Gasteiger partial charge in [-0.15, -0.1) is 0 Å². The third kappa shape index (κ3) is 21.7. The number of fused-ring (bicyclic) bond motifs is 3. The number of amides is 12. The van der Waals surface area contributed by atoms with Crippen LogP contribution in [0.25, 0.3) is 0 Å². The standard InChI is InChI=1S/C77H120F8N12O14/c1-12-46(5)63-72(107)90(7)44-61(100)91(8)54-22-15-14-18-32-96(71(54)106)57(41-47-23-26-50(27-24-47)76(80,81)82)69(104)89(6)43-59(98)86-53(28-25-48-39-51(78)62(52(79)40-48)77(83,84)85)68(103)97-33-29-58(111-13-2)65(97)67(102)88-75(30-19-31-75)74(109)94(11)64(49-20-16-17-21-49)73(108)93(10)56(70(105)95-34-36-110-37-35-95)42-60(99)92(9)55(38-45(3)4)66(101)87-63/h45-58,62-65H,12-44H2,1-11H3,(H,86,98)(H,87,101)(H,88,102)/t46-,47?,48?,50?,51?,52?,53-,54-,55-,56-,57-,58-,62?,63-,64-,65-/m0/s1. The highest BCUT2D eigenvalue weighted by molar-refractivity contribution is 6.01. The minimum atomic E-state index is -5.22. The van der Waals surface area contributed by atoms with Crippen molar-refractivity contribution in [1.82, 2.24) is 60.0 Å². The first-order chi connectivity index (χ1) is 52.2. The molecule has 2 unspecified atom stereocenters. The Balaban J connectivity index is 1.21. The van der Waals surface area contributed by atoms with Crippen LogP contribution >= 0.6 is 0 Å². The zero-order valence-corrected chi connectivity index (χ0v) is 66.5. The molecular weight excluding hydrogens is 1470 g/mol. The summed E-state index contributed by atoms with van der Waals surface area (Å²) in [7, 11) is 8.11. The number of carbonyl (C=O) groups is 12. The van der Waals surface area contributed by atoms with Gasteiger partial charge in [0.25, 0.3) is 0 Å². The molecule has 8 fully saturated rings. The highest BCUT2D eigenvalue weighted by Gasteiger charge is 2.57. The molecule has 628 valence electrons. The molecule has 4 aliphatic carbocycles. The summed E-state index contributed by atoms with van der Waals surface area (Å²) in [5.41, 5.74) is -1.72. The van der Waals surface area contributed by atoms with Gasteiger partial charge in [0.2, 0.25) is 70.9 Å². The Morgan fingerprint density at radius 3 is 1.78 bits per heavy atom. The molecule has 1 spiro atoms. The normalized spacial score (nSPS) is 32.2. The number of nitrogens with zero attached hydrogens (tertiary/aromatic N) is 9. The number of morpholine rings is 1.